The Morgan fingerprint density at radius 3 is 2.76 bits per heavy atom. The first-order valence-corrected chi connectivity index (χ1v) is 6.82. The van der Waals surface area contributed by atoms with Crippen LogP contribution in [0.3, 0.4) is 0 Å². The van der Waals surface area contributed by atoms with Crippen molar-refractivity contribution in [2.24, 2.45) is 0 Å². The summed E-state index contributed by atoms with van der Waals surface area (Å²) in [5, 5.41) is 0. The van der Waals surface area contributed by atoms with Crippen molar-refractivity contribution in [3.8, 4) is 11.5 Å². The number of fused-ring (bicyclic) bond motifs is 1. The van der Waals surface area contributed by atoms with Crippen molar-refractivity contribution >= 4 is 15.9 Å². The predicted molar refractivity (Wildman–Crippen MR) is 67.6 cm³/mol. The van der Waals surface area contributed by atoms with Crippen LogP contribution in [0.5, 0.6) is 11.5 Å². The lowest BCUT2D eigenvalue weighted by Gasteiger charge is -2.23. The highest BCUT2D eigenvalue weighted by molar-refractivity contribution is 9.10. The van der Waals surface area contributed by atoms with E-state index in [2.05, 4.69) is 22.0 Å². The van der Waals surface area contributed by atoms with Crippen LogP contribution in [0, 0.1) is 0 Å². The number of hydrogen-bond acceptors (Lipinski definition) is 3. The second kappa shape index (κ2) is 4.86. The maximum Gasteiger partial charge on any atom is 0.231 e. The van der Waals surface area contributed by atoms with E-state index in [0.717, 1.165) is 35.4 Å². The molecule has 1 fully saturated rings. The van der Waals surface area contributed by atoms with Gasteiger partial charge >= 0.3 is 0 Å². The molecule has 0 N–H and O–H groups in total. The minimum Gasteiger partial charge on any atom is -0.454 e. The summed E-state index contributed by atoms with van der Waals surface area (Å²) in [7, 11) is 0. The SMILES string of the molecule is Brc1cc2c(cc1CC1CCCCO1)OCO2. The summed E-state index contributed by atoms with van der Waals surface area (Å²) in [6, 6.07) is 4.05. The Kier molecular flexibility index (Phi) is 3.25. The zero-order chi connectivity index (χ0) is 11.7. The molecule has 1 atom stereocenters. The van der Waals surface area contributed by atoms with Gasteiger partial charge in [-0.05, 0) is 43.4 Å². The third-order valence-corrected chi connectivity index (χ3v) is 4.00. The van der Waals surface area contributed by atoms with Gasteiger partial charge in [-0.1, -0.05) is 15.9 Å². The molecule has 1 aromatic carbocycles. The molecular weight excluding hydrogens is 284 g/mol. The van der Waals surface area contributed by atoms with Gasteiger partial charge in [-0.15, -0.1) is 0 Å². The fourth-order valence-corrected chi connectivity index (χ4v) is 2.81. The molecule has 4 heteroatoms. The fourth-order valence-electron chi connectivity index (χ4n) is 2.33. The van der Waals surface area contributed by atoms with Crippen molar-refractivity contribution in [1.29, 1.82) is 0 Å². The summed E-state index contributed by atoms with van der Waals surface area (Å²) < 4.78 is 17.6. The third kappa shape index (κ3) is 2.43. The number of ether oxygens (including phenoxy) is 3. The van der Waals surface area contributed by atoms with E-state index in [4.69, 9.17) is 14.2 Å². The summed E-state index contributed by atoms with van der Waals surface area (Å²) in [5.41, 5.74) is 1.24. The molecular formula is C13H15BrO3. The molecule has 0 bridgehead atoms. The van der Waals surface area contributed by atoms with Gasteiger partial charge in [-0.2, -0.15) is 0 Å². The van der Waals surface area contributed by atoms with Crippen LogP contribution < -0.4 is 9.47 Å². The first-order valence-electron chi connectivity index (χ1n) is 6.02. The Morgan fingerprint density at radius 1 is 1.18 bits per heavy atom. The van der Waals surface area contributed by atoms with Crippen LogP contribution in [0.15, 0.2) is 16.6 Å². The van der Waals surface area contributed by atoms with Gasteiger partial charge in [0.25, 0.3) is 0 Å². The van der Waals surface area contributed by atoms with Crippen LogP contribution in [0.1, 0.15) is 24.8 Å². The molecule has 0 aromatic heterocycles. The molecule has 0 spiro atoms. The molecule has 1 saturated heterocycles. The molecule has 3 rings (SSSR count). The molecule has 2 heterocycles. The fraction of sp³-hybridized carbons (Fsp3) is 0.538. The topological polar surface area (TPSA) is 27.7 Å². The van der Waals surface area contributed by atoms with E-state index >= 15 is 0 Å². The van der Waals surface area contributed by atoms with E-state index in [-0.39, 0.29) is 0 Å². The Bertz CT molecular complexity index is 413. The van der Waals surface area contributed by atoms with E-state index in [0.29, 0.717) is 12.9 Å². The van der Waals surface area contributed by atoms with Crippen LogP contribution in [0.2, 0.25) is 0 Å². The van der Waals surface area contributed by atoms with E-state index < -0.39 is 0 Å². The van der Waals surface area contributed by atoms with Gasteiger partial charge in [0, 0.05) is 11.1 Å². The quantitative estimate of drug-likeness (QED) is 0.838. The summed E-state index contributed by atoms with van der Waals surface area (Å²) in [6.45, 7) is 1.22. The van der Waals surface area contributed by atoms with Gasteiger partial charge in [-0.3, -0.25) is 0 Å². The van der Waals surface area contributed by atoms with E-state index in [1.165, 1.54) is 18.4 Å². The van der Waals surface area contributed by atoms with Crippen molar-refractivity contribution in [1.82, 2.24) is 0 Å². The molecule has 17 heavy (non-hydrogen) atoms. The first kappa shape index (κ1) is 11.4. The minimum atomic E-state index is 0.325. The lowest BCUT2D eigenvalue weighted by molar-refractivity contribution is 0.0167. The zero-order valence-corrected chi connectivity index (χ0v) is 11.2. The van der Waals surface area contributed by atoms with Crippen LogP contribution in [-0.2, 0) is 11.2 Å². The summed E-state index contributed by atoms with van der Waals surface area (Å²) in [6.07, 6.45) is 4.91. The number of rotatable bonds is 2. The van der Waals surface area contributed by atoms with Gasteiger partial charge in [0.05, 0.1) is 6.10 Å². The molecule has 2 aliphatic rings. The Balaban J connectivity index is 1.78. The molecule has 2 aliphatic heterocycles. The predicted octanol–water partition coefficient (Wildman–Crippen LogP) is 3.29. The monoisotopic (exact) mass is 298 g/mol. The summed E-state index contributed by atoms with van der Waals surface area (Å²) in [5.74, 6) is 1.67. The van der Waals surface area contributed by atoms with Crippen molar-refractivity contribution < 1.29 is 14.2 Å². The average Bonchev–Trinajstić information content (AvgIpc) is 2.78. The molecule has 1 aromatic rings. The van der Waals surface area contributed by atoms with Gasteiger partial charge in [0.1, 0.15) is 0 Å². The van der Waals surface area contributed by atoms with Crippen molar-refractivity contribution in [2.45, 2.75) is 31.8 Å². The smallest absolute Gasteiger partial charge is 0.231 e. The molecule has 0 saturated carbocycles. The molecule has 0 radical (unpaired) electrons. The molecule has 1 unspecified atom stereocenters. The van der Waals surface area contributed by atoms with Crippen LogP contribution >= 0.6 is 15.9 Å². The normalized spacial score (nSPS) is 22.8. The second-order valence-corrected chi connectivity index (χ2v) is 5.34. The highest BCUT2D eigenvalue weighted by Gasteiger charge is 2.20. The largest absolute Gasteiger partial charge is 0.454 e. The Labute approximate surface area is 109 Å². The standard InChI is InChI=1S/C13H15BrO3/c14-11-7-13-12(16-8-17-13)6-9(11)5-10-3-1-2-4-15-10/h6-7,10H,1-5,8H2. The van der Waals surface area contributed by atoms with Crippen LogP contribution in [0.25, 0.3) is 0 Å². The Morgan fingerprint density at radius 2 is 2.00 bits per heavy atom. The summed E-state index contributed by atoms with van der Waals surface area (Å²) >= 11 is 3.59. The van der Waals surface area contributed by atoms with Gasteiger partial charge < -0.3 is 14.2 Å². The van der Waals surface area contributed by atoms with Crippen molar-refractivity contribution in [2.75, 3.05) is 13.4 Å². The lowest BCUT2D eigenvalue weighted by atomic mass is 10.0. The number of benzene rings is 1. The Hall–Kier alpha value is -0.740. The van der Waals surface area contributed by atoms with Crippen molar-refractivity contribution in [3.05, 3.63) is 22.2 Å². The van der Waals surface area contributed by atoms with E-state index in [9.17, 15) is 0 Å². The minimum absolute atomic E-state index is 0.325. The van der Waals surface area contributed by atoms with E-state index in [1.807, 2.05) is 6.07 Å². The molecule has 0 amide bonds. The average molecular weight is 299 g/mol. The molecule has 3 nitrogen and oxygen atoms in total. The zero-order valence-electron chi connectivity index (χ0n) is 9.58. The van der Waals surface area contributed by atoms with Gasteiger partial charge in [0.15, 0.2) is 11.5 Å². The molecule has 0 aliphatic carbocycles. The van der Waals surface area contributed by atoms with Gasteiger partial charge in [0.2, 0.25) is 6.79 Å². The van der Waals surface area contributed by atoms with E-state index in [1.54, 1.807) is 0 Å². The first-order chi connectivity index (χ1) is 8.33. The highest BCUT2D eigenvalue weighted by Crippen LogP contribution is 2.37. The number of hydrogen-bond donors (Lipinski definition) is 0. The third-order valence-electron chi connectivity index (χ3n) is 3.26. The maximum absolute atomic E-state index is 5.76. The van der Waals surface area contributed by atoms with Crippen molar-refractivity contribution in [3.63, 3.8) is 0 Å². The number of halogens is 1. The second-order valence-electron chi connectivity index (χ2n) is 4.49. The van der Waals surface area contributed by atoms with Crippen LogP contribution in [-0.4, -0.2) is 19.5 Å². The maximum atomic E-state index is 5.76. The van der Waals surface area contributed by atoms with Gasteiger partial charge in [-0.25, -0.2) is 0 Å². The lowest BCUT2D eigenvalue weighted by Crippen LogP contribution is -2.21. The van der Waals surface area contributed by atoms with Crippen LogP contribution in [0.4, 0.5) is 0 Å². The highest BCUT2D eigenvalue weighted by atomic mass is 79.9. The molecule has 92 valence electrons. The summed E-state index contributed by atoms with van der Waals surface area (Å²) in [4.78, 5) is 0.